The van der Waals surface area contributed by atoms with Gasteiger partial charge in [0.2, 0.25) is 5.91 Å². The topological polar surface area (TPSA) is 98.1 Å². The predicted octanol–water partition coefficient (Wildman–Crippen LogP) is 2.60. The van der Waals surface area contributed by atoms with Gasteiger partial charge in [0.05, 0.1) is 25.3 Å². The maximum atomic E-state index is 12.4. The van der Waals surface area contributed by atoms with Crippen molar-refractivity contribution in [3.8, 4) is 5.75 Å². The Labute approximate surface area is 168 Å². The van der Waals surface area contributed by atoms with E-state index in [1.807, 2.05) is 6.92 Å². The zero-order chi connectivity index (χ0) is 20.8. The van der Waals surface area contributed by atoms with Crippen LogP contribution in [0.15, 0.2) is 47.1 Å². The minimum Gasteiger partial charge on any atom is -0.494 e. The van der Waals surface area contributed by atoms with Gasteiger partial charge in [-0.2, -0.15) is 0 Å². The first-order valence-electron chi connectivity index (χ1n) is 9.50. The first-order valence-corrected chi connectivity index (χ1v) is 9.50. The van der Waals surface area contributed by atoms with E-state index < -0.39 is 23.9 Å². The standard InChI is InChI=1S/C21H24N2O6/c1-3-27-17-8-6-16(7-9-17)22-20(25)14(2)29-21(26)15-11-19(24)23(12-15)13-18-5-4-10-28-18/h4-10,14-15H,3,11-13H2,1-2H3,(H,22,25)/t14-,15+/m1/s1. The number of nitrogens with one attached hydrogen (secondary N) is 1. The van der Waals surface area contributed by atoms with Gasteiger partial charge in [0.15, 0.2) is 6.10 Å². The molecule has 1 aromatic carbocycles. The SMILES string of the molecule is CCOc1ccc(NC(=O)[C@@H](C)OC(=O)[C@H]2CC(=O)N(Cc3ccco3)C2)cc1. The molecule has 2 heterocycles. The normalized spacial score (nSPS) is 17.1. The average Bonchev–Trinajstić information content (AvgIpc) is 3.34. The third-order valence-corrected chi connectivity index (χ3v) is 4.57. The summed E-state index contributed by atoms with van der Waals surface area (Å²) in [6.07, 6.45) is 0.613. The van der Waals surface area contributed by atoms with Crippen molar-refractivity contribution in [1.82, 2.24) is 4.90 Å². The van der Waals surface area contributed by atoms with Crippen molar-refractivity contribution < 1.29 is 28.3 Å². The van der Waals surface area contributed by atoms with Gasteiger partial charge in [-0.25, -0.2) is 0 Å². The van der Waals surface area contributed by atoms with E-state index in [0.29, 0.717) is 30.3 Å². The average molecular weight is 400 g/mol. The number of nitrogens with zero attached hydrogens (tertiary/aromatic N) is 1. The lowest BCUT2D eigenvalue weighted by Gasteiger charge is -2.17. The number of hydrogen-bond acceptors (Lipinski definition) is 6. The monoisotopic (exact) mass is 400 g/mol. The number of rotatable bonds is 8. The fourth-order valence-corrected chi connectivity index (χ4v) is 3.04. The molecule has 1 N–H and O–H groups in total. The number of amides is 2. The van der Waals surface area contributed by atoms with Crippen molar-refractivity contribution >= 4 is 23.5 Å². The van der Waals surface area contributed by atoms with Crippen LogP contribution in [0.4, 0.5) is 5.69 Å². The van der Waals surface area contributed by atoms with Crippen molar-refractivity contribution in [3.63, 3.8) is 0 Å². The van der Waals surface area contributed by atoms with Gasteiger partial charge in [-0.05, 0) is 50.2 Å². The number of carbonyl (C=O) groups excluding carboxylic acids is 3. The smallest absolute Gasteiger partial charge is 0.312 e. The highest BCUT2D eigenvalue weighted by Gasteiger charge is 2.36. The van der Waals surface area contributed by atoms with Gasteiger partial charge in [0.1, 0.15) is 11.5 Å². The van der Waals surface area contributed by atoms with Gasteiger partial charge in [0, 0.05) is 18.7 Å². The van der Waals surface area contributed by atoms with Crippen LogP contribution >= 0.6 is 0 Å². The third kappa shape index (κ3) is 5.37. The third-order valence-electron chi connectivity index (χ3n) is 4.57. The van der Waals surface area contributed by atoms with E-state index in [1.54, 1.807) is 41.3 Å². The Bertz CT molecular complexity index is 847. The predicted molar refractivity (Wildman–Crippen MR) is 104 cm³/mol. The van der Waals surface area contributed by atoms with Crippen LogP contribution < -0.4 is 10.1 Å². The fourth-order valence-electron chi connectivity index (χ4n) is 3.04. The number of carbonyl (C=O) groups is 3. The zero-order valence-electron chi connectivity index (χ0n) is 16.4. The number of likely N-dealkylation sites (tertiary alicyclic amines) is 1. The van der Waals surface area contributed by atoms with Crippen LogP contribution in [0.3, 0.4) is 0 Å². The summed E-state index contributed by atoms with van der Waals surface area (Å²) in [4.78, 5) is 38.4. The van der Waals surface area contributed by atoms with Crippen LogP contribution in [0.2, 0.25) is 0 Å². The summed E-state index contributed by atoms with van der Waals surface area (Å²) < 4.78 is 15.9. The summed E-state index contributed by atoms with van der Waals surface area (Å²) in [6, 6.07) is 10.4. The van der Waals surface area contributed by atoms with Crippen LogP contribution in [0.1, 0.15) is 26.0 Å². The summed E-state index contributed by atoms with van der Waals surface area (Å²) in [5.74, 6) is -0.396. The van der Waals surface area contributed by atoms with E-state index >= 15 is 0 Å². The minimum absolute atomic E-state index is 0.0623. The maximum Gasteiger partial charge on any atom is 0.312 e. The number of furan rings is 1. The summed E-state index contributed by atoms with van der Waals surface area (Å²) in [5, 5.41) is 2.69. The van der Waals surface area contributed by atoms with Crippen LogP contribution in [0, 0.1) is 5.92 Å². The van der Waals surface area contributed by atoms with E-state index in [-0.39, 0.29) is 18.9 Å². The Balaban J connectivity index is 1.49. The molecule has 1 aliphatic heterocycles. The second-order valence-electron chi connectivity index (χ2n) is 6.78. The molecular formula is C21H24N2O6. The van der Waals surface area contributed by atoms with E-state index in [9.17, 15) is 14.4 Å². The van der Waals surface area contributed by atoms with Crippen molar-refractivity contribution in [2.75, 3.05) is 18.5 Å². The maximum absolute atomic E-state index is 12.4. The van der Waals surface area contributed by atoms with E-state index in [4.69, 9.17) is 13.9 Å². The fraction of sp³-hybridized carbons (Fsp3) is 0.381. The first-order chi connectivity index (χ1) is 14.0. The van der Waals surface area contributed by atoms with Crippen LogP contribution in [-0.2, 0) is 25.7 Å². The molecule has 3 rings (SSSR count). The van der Waals surface area contributed by atoms with Crippen molar-refractivity contribution in [1.29, 1.82) is 0 Å². The quantitative estimate of drug-likeness (QED) is 0.684. The Morgan fingerprint density at radius 2 is 2.03 bits per heavy atom. The van der Waals surface area contributed by atoms with Crippen molar-refractivity contribution in [2.45, 2.75) is 32.9 Å². The lowest BCUT2D eigenvalue weighted by molar-refractivity contribution is -0.157. The Kier molecular flexibility index (Phi) is 6.54. The second kappa shape index (κ2) is 9.27. The summed E-state index contributed by atoms with van der Waals surface area (Å²) in [6.45, 7) is 4.50. The number of anilines is 1. The van der Waals surface area contributed by atoms with E-state index in [2.05, 4.69) is 5.32 Å². The Morgan fingerprint density at radius 3 is 2.69 bits per heavy atom. The van der Waals surface area contributed by atoms with Crippen LogP contribution in [-0.4, -0.2) is 41.9 Å². The Morgan fingerprint density at radius 1 is 1.28 bits per heavy atom. The molecule has 0 saturated carbocycles. The molecule has 0 radical (unpaired) electrons. The summed E-state index contributed by atoms with van der Waals surface area (Å²) in [7, 11) is 0. The van der Waals surface area contributed by atoms with E-state index in [1.165, 1.54) is 13.2 Å². The molecule has 154 valence electrons. The molecule has 1 fully saturated rings. The molecule has 0 unspecified atom stereocenters. The lowest BCUT2D eigenvalue weighted by Crippen LogP contribution is -2.33. The van der Waals surface area contributed by atoms with Crippen molar-refractivity contribution in [3.05, 3.63) is 48.4 Å². The van der Waals surface area contributed by atoms with Crippen LogP contribution in [0.5, 0.6) is 5.75 Å². The number of ether oxygens (including phenoxy) is 2. The largest absolute Gasteiger partial charge is 0.494 e. The molecule has 2 amide bonds. The van der Waals surface area contributed by atoms with Crippen molar-refractivity contribution in [2.24, 2.45) is 5.92 Å². The highest BCUT2D eigenvalue weighted by atomic mass is 16.5. The van der Waals surface area contributed by atoms with Gasteiger partial charge in [-0.1, -0.05) is 0 Å². The molecule has 0 bridgehead atoms. The second-order valence-corrected chi connectivity index (χ2v) is 6.78. The number of benzene rings is 1. The van der Waals surface area contributed by atoms with E-state index in [0.717, 1.165) is 0 Å². The minimum atomic E-state index is -0.983. The van der Waals surface area contributed by atoms with Gasteiger partial charge < -0.3 is 24.1 Å². The molecule has 0 aliphatic carbocycles. The number of hydrogen-bond donors (Lipinski definition) is 1. The van der Waals surface area contributed by atoms with Gasteiger partial charge in [-0.15, -0.1) is 0 Å². The highest BCUT2D eigenvalue weighted by molar-refractivity contribution is 5.95. The molecule has 8 heteroatoms. The number of esters is 1. The molecule has 1 saturated heterocycles. The lowest BCUT2D eigenvalue weighted by atomic mass is 10.1. The molecule has 2 aromatic rings. The molecule has 8 nitrogen and oxygen atoms in total. The molecule has 29 heavy (non-hydrogen) atoms. The molecule has 1 aliphatic rings. The summed E-state index contributed by atoms with van der Waals surface area (Å²) >= 11 is 0. The molecule has 2 atom stereocenters. The molecule has 1 aromatic heterocycles. The van der Waals surface area contributed by atoms with Crippen LogP contribution in [0.25, 0.3) is 0 Å². The zero-order valence-corrected chi connectivity index (χ0v) is 16.4. The molecular weight excluding hydrogens is 376 g/mol. The van der Waals surface area contributed by atoms with Gasteiger partial charge >= 0.3 is 5.97 Å². The summed E-state index contributed by atoms with van der Waals surface area (Å²) in [5.41, 5.74) is 0.571. The Hall–Kier alpha value is -3.29. The molecule has 0 spiro atoms. The first kappa shape index (κ1) is 20.4. The van der Waals surface area contributed by atoms with Gasteiger partial charge in [-0.3, -0.25) is 14.4 Å². The van der Waals surface area contributed by atoms with Gasteiger partial charge in [0.25, 0.3) is 5.91 Å². The highest BCUT2D eigenvalue weighted by Crippen LogP contribution is 2.22.